The minimum atomic E-state index is 0. The van der Waals surface area contributed by atoms with Crippen molar-refractivity contribution in [3.8, 4) is 0 Å². The first-order valence-corrected chi connectivity index (χ1v) is 10.4. The second-order valence-electron chi connectivity index (χ2n) is 7.60. The van der Waals surface area contributed by atoms with Crippen molar-refractivity contribution in [1.82, 2.24) is 4.90 Å². The van der Waals surface area contributed by atoms with Gasteiger partial charge in [0.15, 0.2) is 5.17 Å². The quantitative estimate of drug-likeness (QED) is 0.512. The lowest BCUT2D eigenvalue weighted by Crippen LogP contribution is -2.41. The van der Waals surface area contributed by atoms with Crippen molar-refractivity contribution < 1.29 is 0 Å². The van der Waals surface area contributed by atoms with Gasteiger partial charge in [-0.3, -0.25) is 0 Å². The molecule has 0 amide bonds. The van der Waals surface area contributed by atoms with E-state index in [-0.39, 0.29) is 17.2 Å². The normalized spacial score (nSPS) is 23.6. The Labute approximate surface area is 172 Å². The fourth-order valence-corrected chi connectivity index (χ4v) is 5.30. The molecule has 1 aromatic carbocycles. The molecule has 0 bridgehead atoms. The highest BCUT2D eigenvalue weighted by atomic mass is 35.5. The predicted octanol–water partition coefficient (Wildman–Crippen LogP) is 7.20. The van der Waals surface area contributed by atoms with Crippen molar-refractivity contribution in [2.75, 3.05) is 6.54 Å². The van der Waals surface area contributed by atoms with E-state index in [1.165, 1.54) is 32.1 Å². The summed E-state index contributed by atoms with van der Waals surface area (Å²) in [5.41, 5.74) is 0.769. The average Bonchev–Trinajstić information content (AvgIpc) is 2.86. The number of thioether (sulfide) groups is 1. The maximum atomic E-state index is 6.35. The zero-order valence-corrected chi connectivity index (χ0v) is 18.2. The first-order valence-electron chi connectivity index (χ1n) is 8.86. The Bertz CT molecular complexity index is 627. The van der Waals surface area contributed by atoms with Crippen LogP contribution in [0.4, 0.5) is 5.69 Å². The van der Waals surface area contributed by atoms with Crippen molar-refractivity contribution in [2.45, 2.75) is 63.7 Å². The Balaban J connectivity index is 0.00000225. The Morgan fingerprint density at radius 3 is 2.56 bits per heavy atom. The molecule has 3 rings (SSSR count). The van der Waals surface area contributed by atoms with Crippen LogP contribution in [0.5, 0.6) is 0 Å². The monoisotopic (exact) mass is 420 g/mol. The van der Waals surface area contributed by atoms with E-state index in [1.54, 1.807) is 0 Å². The van der Waals surface area contributed by atoms with E-state index in [9.17, 15) is 0 Å². The fraction of sp³-hybridized carbons (Fsp3) is 0.632. The fourth-order valence-electron chi connectivity index (χ4n) is 3.77. The Morgan fingerprint density at radius 2 is 1.88 bits per heavy atom. The Kier molecular flexibility index (Phi) is 7.41. The molecular formula is C19H27Cl3N2S. The third kappa shape index (κ3) is 5.00. The highest BCUT2D eigenvalue weighted by Crippen LogP contribution is 2.42. The summed E-state index contributed by atoms with van der Waals surface area (Å²) in [6.07, 6.45) is 6.81. The maximum Gasteiger partial charge on any atom is 0.165 e. The van der Waals surface area contributed by atoms with Crippen LogP contribution in [-0.2, 0) is 0 Å². The van der Waals surface area contributed by atoms with Crippen molar-refractivity contribution in [3.05, 3.63) is 28.2 Å². The molecule has 140 valence electrons. The standard InChI is InChI=1S/C19H26Cl2N2S.ClH/c1-13(14-8-5-4-6-9-14)23-12-19(2,3)24-18(23)22-16-11-7-10-15(20)17(16)21;/h7,10-11,13-14H,4-6,8-9,12H2,1-3H3;1H/t13-;/m0./s1. The molecular weight excluding hydrogens is 395 g/mol. The van der Waals surface area contributed by atoms with Gasteiger partial charge in [-0.15, -0.1) is 12.4 Å². The molecule has 1 aliphatic carbocycles. The molecule has 2 aliphatic rings. The van der Waals surface area contributed by atoms with Crippen LogP contribution in [-0.4, -0.2) is 27.4 Å². The number of hydrogen-bond acceptors (Lipinski definition) is 2. The Morgan fingerprint density at radius 1 is 1.20 bits per heavy atom. The van der Waals surface area contributed by atoms with Crippen LogP contribution < -0.4 is 0 Å². The number of aliphatic imine (C=N–C) groups is 1. The van der Waals surface area contributed by atoms with Gasteiger partial charge in [0, 0.05) is 17.3 Å². The smallest absolute Gasteiger partial charge is 0.165 e. The van der Waals surface area contributed by atoms with Crippen LogP contribution in [0.15, 0.2) is 23.2 Å². The van der Waals surface area contributed by atoms with E-state index in [0.29, 0.717) is 16.1 Å². The summed E-state index contributed by atoms with van der Waals surface area (Å²) >= 11 is 14.4. The molecule has 1 heterocycles. The van der Waals surface area contributed by atoms with Gasteiger partial charge in [-0.05, 0) is 51.7 Å². The van der Waals surface area contributed by atoms with Gasteiger partial charge in [0.1, 0.15) is 0 Å². The number of hydrogen-bond donors (Lipinski definition) is 0. The Hall–Kier alpha value is -0.0900. The van der Waals surface area contributed by atoms with E-state index in [4.69, 9.17) is 28.2 Å². The third-order valence-corrected chi connectivity index (χ3v) is 7.13. The molecule has 2 fully saturated rings. The van der Waals surface area contributed by atoms with Gasteiger partial charge in [0.2, 0.25) is 0 Å². The molecule has 2 nitrogen and oxygen atoms in total. The average molecular weight is 422 g/mol. The lowest BCUT2D eigenvalue weighted by Gasteiger charge is -2.35. The van der Waals surface area contributed by atoms with E-state index in [1.807, 2.05) is 30.0 Å². The number of amidine groups is 1. The molecule has 1 saturated carbocycles. The van der Waals surface area contributed by atoms with Gasteiger partial charge in [-0.25, -0.2) is 4.99 Å². The van der Waals surface area contributed by atoms with Crippen molar-refractivity contribution in [2.24, 2.45) is 10.9 Å². The molecule has 1 aliphatic heterocycles. The van der Waals surface area contributed by atoms with Crippen molar-refractivity contribution in [3.63, 3.8) is 0 Å². The zero-order chi connectivity index (χ0) is 17.3. The molecule has 1 saturated heterocycles. The molecule has 0 unspecified atom stereocenters. The van der Waals surface area contributed by atoms with Crippen LogP contribution in [0.2, 0.25) is 10.0 Å². The van der Waals surface area contributed by atoms with Gasteiger partial charge in [-0.1, -0.05) is 60.3 Å². The van der Waals surface area contributed by atoms with Gasteiger partial charge in [-0.2, -0.15) is 0 Å². The summed E-state index contributed by atoms with van der Waals surface area (Å²) in [4.78, 5) is 7.40. The first-order chi connectivity index (χ1) is 11.4. The summed E-state index contributed by atoms with van der Waals surface area (Å²) in [5, 5.41) is 2.19. The molecule has 1 atom stereocenters. The first kappa shape index (κ1) is 21.2. The molecule has 0 radical (unpaired) electrons. The number of benzene rings is 1. The van der Waals surface area contributed by atoms with Crippen molar-refractivity contribution in [1.29, 1.82) is 0 Å². The lowest BCUT2D eigenvalue weighted by atomic mass is 9.84. The van der Waals surface area contributed by atoms with Crippen LogP contribution in [0.3, 0.4) is 0 Å². The van der Waals surface area contributed by atoms with Gasteiger partial charge in [0.25, 0.3) is 0 Å². The molecule has 25 heavy (non-hydrogen) atoms. The van der Waals surface area contributed by atoms with Crippen LogP contribution in [0, 0.1) is 5.92 Å². The SMILES string of the molecule is C[C@@H](C1CCCCC1)N1CC(C)(C)SC1=Nc1cccc(Cl)c1Cl.Cl. The largest absolute Gasteiger partial charge is 0.347 e. The number of rotatable bonds is 3. The van der Waals surface area contributed by atoms with Gasteiger partial charge in [0.05, 0.1) is 15.7 Å². The summed E-state index contributed by atoms with van der Waals surface area (Å²) < 4.78 is 0.173. The maximum absolute atomic E-state index is 6.35. The highest BCUT2D eigenvalue weighted by Gasteiger charge is 2.39. The number of nitrogens with zero attached hydrogens (tertiary/aromatic N) is 2. The molecule has 1 aromatic rings. The third-order valence-electron chi connectivity index (χ3n) is 5.14. The second-order valence-corrected chi connectivity index (χ2v) is 10.1. The summed E-state index contributed by atoms with van der Waals surface area (Å²) in [6.45, 7) is 7.99. The minimum Gasteiger partial charge on any atom is -0.347 e. The summed E-state index contributed by atoms with van der Waals surface area (Å²) in [6, 6.07) is 6.18. The lowest BCUT2D eigenvalue weighted by molar-refractivity contribution is 0.197. The van der Waals surface area contributed by atoms with Gasteiger partial charge >= 0.3 is 0 Å². The number of halogens is 3. The molecule has 0 spiro atoms. The van der Waals surface area contributed by atoms with E-state index in [0.717, 1.165) is 23.3 Å². The minimum absolute atomic E-state index is 0. The van der Waals surface area contributed by atoms with E-state index in [2.05, 4.69) is 25.7 Å². The van der Waals surface area contributed by atoms with E-state index < -0.39 is 0 Å². The van der Waals surface area contributed by atoms with Gasteiger partial charge < -0.3 is 4.90 Å². The molecule has 0 aromatic heterocycles. The molecule has 0 N–H and O–H groups in total. The van der Waals surface area contributed by atoms with Crippen LogP contribution in [0.25, 0.3) is 0 Å². The molecule has 6 heteroatoms. The zero-order valence-electron chi connectivity index (χ0n) is 15.1. The highest BCUT2D eigenvalue weighted by molar-refractivity contribution is 8.15. The predicted molar refractivity (Wildman–Crippen MR) is 115 cm³/mol. The van der Waals surface area contributed by atoms with Crippen LogP contribution in [0.1, 0.15) is 52.9 Å². The summed E-state index contributed by atoms with van der Waals surface area (Å²) in [7, 11) is 0. The van der Waals surface area contributed by atoms with Crippen LogP contribution >= 0.6 is 47.4 Å². The topological polar surface area (TPSA) is 15.6 Å². The van der Waals surface area contributed by atoms with Crippen molar-refractivity contribution >= 4 is 58.2 Å². The van der Waals surface area contributed by atoms with E-state index >= 15 is 0 Å². The summed E-state index contributed by atoms with van der Waals surface area (Å²) in [5.74, 6) is 0.772. The second kappa shape index (κ2) is 8.73.